The molecule has 0 aliphatic carbocycles. The lowest BCUT2D eigenvalue weighted by atomic mass is 9.83. The van der Waals surface area contributed by atoms with Crippen LogP contribution < -0.4 is 10.5 Å². The Morgan fingerprint density at radius 2 is 1.73 bits per heavy atom. The van der Waals surface area contributed by atoms with Gasteiger partial charge in [-0.3, -0.25) is 10.1 Å². The van der Waals surface area contributed by atoms with Gasteiger partial charge in [-0.25, -0.2) is 0 Å². The summed E-state index contributed by atoms with van der Waals surface area (Å²) in [7, 11) is 0. The van der Waals surface area contributed by atoms with Crippen molar-refractivity contribution in [3.8, 4) is 28.9 Å². The number of fused-ring (bicyclic) bond motifs is 1. The van der Waals surface area contributed by atoms with Crippen molar-refractivity contribution < 1.29 is 9.66 Å². The molecular weight excluding hydrogens is 418 g/mol. The van der Waals surface area contributed by atoms with Crippen LogP contribution in [0.1, 0.15) is 17.0 Å². The Balaban J connectivity index is 1.83. The van der Waals surface area contributed by atoms with E-state index in [1.54, 1.807) is 16.8 Å². The zero-order valence-electron chi connectivity index (χ0n) is 17.3. The number of nitro benzene ring substituents is 1. The average molecular weight is 435 g/mol. The quantitative estimate of drug-likeness (QED) is 0.367. The van der Waals surface area contributed by atoms with E-state index in [2.05, 4.69) is 6.07 Å². The number of nitro groups is 1. The van der Waals surface area contributed by atoms with Crippen molar-refractivity contribution in [2.24, 2.45) is 5.73 Å². The summed E-state index contributed by atoms with van der Waals surface area (Å²) in [5.74, 6) is -0.377. The Morgan fingerprint density at radius 1 is 1.03 bits per heavy atom. The number of nitrogens with zero attached hydrogens (tertiary/aromatic N) is 4. The van der Waals surface area contributed by atoms with Gasteiger partial charge < -0.3 is 10.5 Å². The van der Waals surface area contributed by atoms with E-state index in [0.717, 1.165) is 11.3 Å². The van der Waals surface area contributed by atoms with E-state index >= 15 is 0 Å². The Morgan fingerprint density at radius 3 is 2.39 bits per heavy atom. The lowest BCUT2D eigenvalue weighted by Crippen LogP contribution is -2.22. The molecule has 0 radical (unpaired) electrons. The van der Waals surface area contributed by atoms with E-state index in [0.29, 0.717) is 22.7 Å². The minimum atomic E-state index is -0.689. The third kappa shape index (κ3) is 3.38. The van der Waals surface area contributed by atoms with Crippen LogP contribution in [-0.2, 0) is 0 Å². The molecule has 2 heterocycles. The molecule has 0 saturated carbocycles. The largest absolute Gasteiger partial charge is 0.422 e. The molecule has 0 bridgehead atoms. The van der Waals surface area contributed by atoms with Crippen molar-refractivity contribution in [2.45, 2.75) is 5.92 Å². The van der Waals surface area contributed by atoms with Crippen LogP contribution in [0.5, 0.6) is 5.88 Å². The van der Waals surface area contributed by atoms with Crippen LogP contribution in [-0.4, -0.2) is 14.7 Å². The van der Waals surface area contributed by atoms with Crippen LogP contribution in [0.25, 0.3) is 16.9 Å². The summed E-state index contributed by atoms with van der Waals surface area (Å²) >= 11 is 0. The molecule has 33 heavy (non-hydrogen) atoms. The molecule has 1 aromatic heterocycles. The molecular formula is C25H17N5O3. The Bertz CT molecular complexity index is 1440. The molecule has 0 spiro atoms. The van der Waals surface area contributed by atoms with Crippen molar-refractivity contribution in [1.82, 2.24) is 9.78 Å². The fourth-order valence-electron chi connectivity index (χ4n) is 4.04. The van der Waals surface area contributed by atoms with Gasteiger partial charge in [0.15, 0.2) is 0 Å². The minimum Gasteiger partial charge on any atom is -0.422 e. The van der Waals surface area contributed by atoms with E-state index in [9.17, 15) is 15.4 Å². The van der Waals surface area contributed by atoms with Crippen LogP contribution in [0.4, 0.5) is 5.69 Å². The van der Waals surface area contributed by atoms with Gasteiger partial charge in [-0.2, -0.15) is 15.0 Å². The summed E-state index contributed by atoms with van der Waals surface area (Å²) in [4.78, 5) is 11.0. The molecule has 0 fully saturated rings. The first-order valence-electron chi connectivity index (χ1n) is 10.1. The van der Waals surface area contributed by atoms with Gasteiger partial charge in [-0.15, -0.1) is 0 Å². The summed E-state index contributed by atoms with van der Waals surface area (Å²) in [6, 6.07) is 27.3. The van der Waals surface area contributed by atoms with Crippen molar-refractivity contribution >= 4 is 5.69 Å². The van der Waals surface area contributed by atoms with Crippen LogP contribution in [0.2, 0.25) is 0 Å². The maximum atomic E-state index is 11.4. The number of nitriles is 1. The second-order valence-corrected chi connectivity index (χ2v) is 7.46. The third-order valence-electron chi connectivity index (χ3n) is 5.51. The van der Waals surface area contributed by atoms with Crippen LogP contribution >= 0.6 is 0 Å². The van der Waals surface area contributed by atoms with Gasteiger partial charge in [0.1, 0.15) is 17.3 Å². The molecule has 0 amide bonds. The second-order valence-electron chi connectivity index (χ2n) is 7.46. The maximum absolute atomic E-state index is 11.4. The summed E-state index contributed by atoms with van der Waals surface area (Å²) in [6.45, 7) is 0. The van der Waals surface area contributed by atoms with E-state index in [-0.39, 0.29) is 17.1 Å². The molecule has 4 aromatic rings. The molecule has 2 N–H and O–H groups in total. The first-order chi connectivity index (χ1) is 16.1. The van der Waals surface area contributed by atoms with Gasteiger partial charge in [0.25, 0.3) is 5.69 Å². The normalized spacial score (nSPS) is 14.8. The topological polar surface area (TPSA) is 120 Å². The predicted octanol–water partition coefficient (Wildman–Crippen LogP) is 4.67. The molecule has 8 heteroatoms. The first-order valence-corrected chi connectivity index (χ1v) is 10.1. The molecule has 1 aliphatic heterocycles. The molecule has 8 nitrogen and oxygen atoms in total. The number of para-hydroxylation sites is 1. The van der Waals surface area contributed by atoms with Crippen molar-refractivity contribution in [3.05, 3.63) is 118 Å². The van der Waals surface area contributed by atoms with Gasteiger partial charge in [0.2, 0.25) is 11.8 Å². The van der Waals surface area contributed by atoms with Gasteiger partial charge in [0.05, 0.1) is 22.1 Å². The lowest BCUT2D eigenvalue weighted by molar-refractivity contribution is -0.384. The van der Waals surface area contributed by atoms with Gasteiger partial charge >= 0.3 is 0 Å². The summed E-state index contributed by atoms with van der Waals surface area (Å²) in [6.07, 6.45) is 0. The summed E-state index contributed by atoms with van der Waals surface area (Å²) < 4.78 is 7.60. The number of benzene rings is 3. The smallest absolute Gasteiger partial charge is 0.269 e. The van der Waals surface area contributed by atoms with E-state index in [1.807, 2.05) is 60.7 Å². The third-order valence-corrected chi connectivity index (χ3v) is 5.51. The molecule has 1 aliphatic rings. The minimum absolute atomic E-state index is 0.0572. The van der Waals surface area contributed by atoms with Crippen molar-refractivity contribution in [1.29, 1.82) is 5.26 Å². The number of aromatic nitrogens is 2. The Kier molecular flexibility index (Phi) is 4.84. The Labute approximate surface area is 188 Å². The maximum Gasteiger partial charge on any atom is 0.269 e. The molecule has 160 valence electrons. The molecule has 3 aromatic carbocycles. The van der Waals surface area contributed by atoms with Crippen LogP contribution in [0.3, 0.4) is 0 Å². The fraction of sp³-hybridized carbons (Fsp3) is 0.0400. The number of nitrogens with two attached hydrogens (primary N) is 1. The molecule has 1 atom stereocenters. The van der Waals surface area contributed by atoms with Crippen LogP contribution in [0, 0.1) is 21.4 Å². The van der Waals surface area contributed by atoms with E-state index < -0.39 is 10.8 Å². The van der Waals surface area contributed by atoms with Crippen LogP contribution in [0.15, 0.2) is 96.4 Å². The highest BCUT2D eigenvalue weighted by Gasteiger charge is 2.38. The number of allylic oxidation sites excluding steroid dienone is 1. The number of rotatable bonds is 4. The van der Waals surface area contributed by atoms with Gasteiger partial charge in [-0.1, -0.05) is 60.7 Å². The lowest BCUT2D eigenvalue weighted by Gasteiger charge is -2.25. The zero-order chi connectivity index (χ0) is 22.9. The second kappa shape index (κ2) is 7.98. The molecule has 5 rings (SSSR count). The van der Waals surface area contributed by atoms with Gasteiger partial charge in [-0.05, 0) is 17.7 Å². The summed E-state index contributed by atoms with van der Waals surface area (Å²) in [5.41, 5.74) is 9.63. The van der Waals surface area contributed by atoms with Gasteiger partial charge in [0, 0.05) is 17.7 Å². The predicted molar refractivity (Wildman–Crippen MR) is 121 cm³/mol. The Hall–Kier alpha value is -4.90. The van der Waals surface area contributed by atoms with Crippen molar-refractivity contribution in [2.75, 3.05) is 0 Å². The van der Waals surface area contributed by atoms with E-state index in [4.69, 9.17) is 15.6 Å². The first kappa shape index (κ1) is 20.0. The highest BCUT2D eigenvalue weighted by molar-refractivity contribution is 5.72. The van der Waals surface area contributed by atoms with Crippen molar-refractivity contribution in [3.63, 3.8) is 0 Å². The monoisotopic (exact) mass is 435 g/mol. The summed E-state index contributed by atoms with van der Waals surface area (Å²) in [5, 5.41) is 26.2. The SMILES string of the molecule is N#CC1=C(N)Oc2c(c(-c3ccccc3)nn2-c2ccccc2)[C@H]1c1cccc([N+](=O)[O-])c1. The number of hydrogen-bond donors (Lipinski definition) is 1. The highest BCUT2D eigenvalue weighted by atomic mass is 16.6. The standard InChI is InChI=1S/C25H17N5O3/c26-15-20-21(17-10-7-13-19(14-17)30(31)32)22-23(16-8-3-1-4-9-16)28-29(25(22)33-24(20)27)18-11-5-2-6-12-18/h1-14,21H,27H2/t21-/m0/s1. The zero-order valence-corrected chi connectivity index (χ0v) is 17.3. The number of ether oxygens (including phenoxy) is 1. The fourth-order valence-corrected chi connectivity index (χ4v) is 4.04. The molecule has 0 unspecified atom stereocenters. The molecule has 0 saturated heterocycles. The average Bonchev–Trinajstić information content (AvgIpc) is 3.23. The number of non-ortho nitro benzene ring substituents is 1. The highest BCUT2D eigenvalue weighted by Crippen LogP contribution is 2.47. The van der Waals surface area contributed by atoms with E-state index in [1.165, 1.54) is 12.1 Å². The number of hydrogen-bond acceptors (Lipinski definition) is 6.